The quantitative estimate of drug-likeness (QED) is 0.847. The highest BCUT2D eigenvalue weighted by molar-refractivity contribution is 7.95. The minimum atomic E-state index is -3.84. The van der Waals surface area contributed by atoms with Crippen molar-refractivity contribution in [3.8, 4) is 0 Å². The maximum Gasteiger partial charge on any atom is 0.247 e. The number of nitrogens with two attached hydrogens (primary N) is 1. The summed E-state index contributed by atoms with van der Waals surface area (Å²) in [5.74, 6) is 0. The van der Waals surface area contributed by atoms with Crippen LogP contribution in [0.1, 0.15) is 12.0 Å². The SMILES string of the molecule is CN(C)CC1CCc2cc(S(N)(=O)=O)sc2S1(=O)=O. The molecule has 9 heteroatoms. The van der Waals surface area contributed by atoms with Crippen molar-refractivity contribution in [1.29, 1.82) is 0 Å². The maximum atomic E-state index is 12.4. The van der Waals surface area contributed by atoms with Crippen LogP contribution in [-0.4, -0.2) is 47.6 Å². The van der Waals surface area contributed by atoms with Crippen LogP contribution < -0.4 is 5.14 Å². The largest absolute Gasteiger partial charge is 0.308 e. The van der Waals surface area contributed by atoms with Gasteiger partial charge in [-0.2, -0.15) is 0 Å². The van der Waals surface area contributed by atoms with Gasteiger partial charge in [-0.1, -0.05) is 0 Å². The standard InChI is InChI=1S/C10H16N2O4S3/c1-12(2)6-8-4-3-7-5-9(19(11,15)16)17-10(7)18(8,13)14/h5,8H,3-4,6H2,1-2H3,(H2,11,15,16). The Balaban J connectivity index is 2.48. The molecule has 0 aliphatic carbocycles. The molecule has 108 valence electrons. The fourth-order valence-electron chi connectivity index (χ4n) is 2.16. The van der Waals surface area contributed by atoms with Gasteiger partial charge in [-0.25, -0.2) is 22.0 Å². The molecular weight excluding hydrogens is 308 g/mol. The number of sulfonamides is 1. The normalized spacial score (nSPS) is 22.4. The molecule has 0 aromatic carbocycles. The fraction of sp³-hybridized carbons (Fsp3) is 0.600. The van der Waals surface area contributed by atoms with E-state index in [4.69, 9.17) is 5.14 Å². The van der Waals surface area contributed by atoms with Crippen LogP contribution in [0.2, 0.25) is 0 Å². The minimum Gasteiger partial charge on any atom is -0.308 e. The summed E-state index contributed by atoms with van der Waals surface area (Å²) in [6.45, 7) is 0.435. The van der Waals surface area contributed by atoms with E-state index in [9.17, 15) is 16.8 Å². The molecule has 1 aliphatic rings. The number of hydrogen-bond donors (Lipinski definition) is 1. The lowest BCUT2D eigenvalue weighted by Crippen LogP contribution is -2.35. The van der Waals surface area contributed by atoms with E-state index in [1.165, 1.54) is 6.07 Å². The number of sulfone groups is 1. The topological polar surface area (TPSA) is 97.5 Å². The Morgan fingerprint density at radius 2 is 2.11 bits per heavy atom. The molecule has 0 bridgehead atoms. The molecule has 1 aliphatic heterocycles. The second-order valence-corrected chi connectivity index (χ2v) is 10.2. The van der Waals surface area contributed by atoms with E-state index in [-0.39, 0.29) is 8.42 Å². The van der Waals surface area contributed by atoms with E-state index in [1.807, 2.05) is 19.0 Å². The summed E-state index contributed by atoms with van der Waals surface area (Å²) in [6, 6.07) is 1.39. The highest BCUT2D eigenvalue weighted by Crippen LogP contribution is 2.37. The molecule has 0 spiro atoms. The predicted octanol–water partition coefficient (Wildman–Crippen LogP) is 0.0456. The lowest BCUT2D eigenvalue weighted by Gasteiger charge is -2.24. The molecule has 19 heavy (non-hydrogen) atoms. The molecule has 0 saturated carbocycles. The van der Waals surface area contributed by atoms with E-state index >= 15 is 0 Å². The molecule has 2 rings (SSSR count). The second kappa shape index (κ2) is 4.81. The predicted molar refractivity (Wildman–Crippen MR) is 73.5 cm³/mol. The van der Waals surface area contributed by atoms with Crippen LogP contribution in [0.3, 0.4) is 0 Å². The average Bonchev–Trinajstić information content (AvgIpc) is 2.66. The molecule has 2 heterocycles. The van der Waals surface area contributed by atoms with Crippen molar-refractivity contribution in [2.45, 2.75) is 26.5 Å². The van der Waals surface area contributed by atoms with Gasteiger partial charge in [0.05, 0.1) is 5.25 Å². The van der Waals surface area contributed by atoms with Crippen LogP contribution >= 0.6 is 11.3 Å². The third kappa shape index (κ3) is 2.84. The summed E-state index contributed by atoms with van der Waals surface area (Å²) in [7, 11) is -3.68. The summed E-state index contributed by atoms with van der Waals surface area (Å²) in [5.41, 5.74) is 0.573. The van der Waals surface area contributed by atoms with Crippen LogP contribution in [0.5, 0.6) is 0 Å². The summed E-state index contributed by atoms with van der Waals surface area (Å²) in [6.07, 6.45) is 1.08. The van der Waals surface area contributed by atoms with Crippen LogP contribution in [0.25, 0.3) is 0 Å². The minimum absolute atomic E-state index is 0.0772. The van der Waals surface area contributed by atoms with Crippen molar-refractivity contribution in [2.24, 2.45) is 5.14 Å². The van der Waals surface area contributed by atoms with Crippen LogP contribution in [-0.2, 0) is 26.3 Å². The van der Waals surface area contributed by atoms with E-state index in [0.29, 0.717) is 24.9 Å². The summed E-state index contributed by atoms with van der Waals surface area (Å²) in [5, 5.41) is 4.57. The van der Waals surface area contributed by atoms with Crippen molar-refractivity contribution in [1.82, 2.24) is 4.90 Å². The maximum absolute atomic E-state index is 12.4. The molecule has 6 nitrogen and oxygen atoms in total. The zero-order valence-corrected chi connectivity index (χ0v) is 13.1. The first-order valence-electron chi connectivity index (χ1n) is 5.66. The van der Waals surface area contributed by atoms with Gasteiger partial charge in [-0.3, -0.25) is 0 Å². The number of rotatable bonds is 3. The zero-order valence-electron chi connectivity index (χ0n) is 10.7. The van der Waals surface area contributed by atoms with Crippen molar-refractivity contribution < 1.29 is 16.8 Å². The van der Waals surface area contributed by atoms with Gasteiger partial charge in [0.15, 0.2) is 9.84 Å². The third-order valence-corrected chi connectivity index (χ3v) is 8.41. The first-order chi connectivity index (χ1) is 8.62. The molecule has 1 aromatic rings. The van der Waals surface area contributed by atoms with E-state index < -0.39 is 25.1 Å². The number of aryl methyl sites for hydroxylation is 1. The van der Waals surface area contributed by atoms with E-state index in [1.54, 1.807) is 0 Å². The van der Waals surface area contributed by atoms with Gasteiger partial charge in [-0.05, 0) is 38.6 Å². The first kappa shape index (κ1) is 14.9. The number of hydrogen-bond acceptors (Lipinski definition) is 6. The van der Waals surface area contributed by atoms with Gasteiger partial charge >= 0.3 is 0 Å². The first-order valence-corrected chi connectivity index (χ1v) is 9.57. The number of thiophene rings is 1. The van der Waals surface area contributed by atoms with Crippen molar-refractivity contribution in [2.75, 3.05) is 20.6 Å². The monoisotopic (exact) mass is 324 g/mol. The van der Waals surface area contributed by atoms with Gasteiger partial charge in [0.1, 0.15) is 8.42 Å². The lowest BCUT2D eigenvalue weighted by atomic mass is 10.1. The smallest absolute Gasteiger partial charge is 0.247 e. The lowest BCUT2D eigenvalue weighted by molar-refractivity contribution is 0.389. The zero-order chi connectivity index (χ0) is 14.4. The second-order valence-electron chi connectivity index (χ2n) is 4.89. The molecule has 1 aromatic heterocycles. The van der Waals surface area contributed by atoms with Crippen molar-refractivity contribution in [3.63, 3.8) is 0 Å². The Labute approximate surface area is 117 Å². The highest BCUT2D eigenvalue weighted by Gasteiger charge is 2.37. The molecule has 0 fully saturated rings. The van der Waals surface area contributed by atoms with Gasteiger partial charge in [0.25, 0.3) is 0 Å². The van der Waals surface area contributed by atoms with Crippen molar-refractivity contribution >= 4 is 31.2 Å². The van der Waals surface area contributed by atoms with Crippen LogP contribution in [0, 0.1) is 0 Å². The van der Waals surface area contributed by atoms with Gasteiger partial charge in [0, 0.05) is 6.54 Å². The molecule has 0 radical (unpaired) electrons. The van der Waals surface area contributed by atoms with Gasteiger partial charge in [0.2, 0.25) is 10.0 Å². The Kier molecular flexibility index (Phi) is 3.78. The number of primary sulfonamides is 1. The van der Waals surface area contributed by atoms with Crippen LogP contribution in [0.15, 0.2) is 14.5 Å². The molecule has 1 atom stereocenters. The van der Waals surface area contributed by atoms with E-state index in [0.717, 1.165) is 11.3 Å². The fourth-order valence-corrected chi connectivity index (χ4v) is 6.91. The molecule has 0 saturated heterocycles. The molecular formula is C10H16N2O4S3. The summed E-state index contributed by atoms with van der Waals surface area (Å²) in [4.78, 5) is 1.82. The Hall–Kier alpha value is -0.480. The Bertz CT molecular complexity index is 688. The van der Waals surface area contributed by atoms with Crippen molar-refractivity contribution in [3.05, 3.63) is 11.6 Å². The van der Waals surface area contributed by atoms with Crippen LogP contribution in [0.4, 0.5) is 0 Å². The summed E-state index contributed by atoms with van der Waals surface area (Å²) >= 11 is 0.761. The summed E-state index contributed by atoms with van der Waals surface area (Å²) < 4.78 is 47.6. The highest BCUT2D eigenvalue weighted by atomic mass is 32.3. The third-order valence-electron chi connectivity index (χ3n) is 3.03. The number of fused-ring (bicyclic) bond motifs is 1. The average molecular weight is 324 g/mol. The number of nitrogens with zero attached hydrogens (tertiary/aromatic N) is 1. The van der Waals surface area contributed by atoms with E-state index in [2.05, 4.69) is 0 Å². The molecule has 1 unspecified atom stereocenters. The van der Waals surface area contributed by atoms with Gasteiger partial charge < -0.3 is 4.90 Å². The molecule has 2 N–H and O–H groups in total. The van der Waals surface area contributed by atoms with Gasteiger partial charge in [-0.15, -0.1) is 11.3 Å². The molecule has 0 amide bonds. The Morgan fingerprint density at radius 3 is 2.63 bits per heavy atom. The Morgan fingerprint density at radius 1 is 1.47 bits per heavy atom.